The largest absolute Gasteiger partial charge is 0.472 e. The summed E-state index contributed by atoms with van der Waals surface area (Å²) in [4.78, 5) is 37.7. The number of phosphoric acid groups is 1. The molecule has 0 saturated heterocycles. The molecule has 78 heavy (non-hydrogen) atoms. The molecular weight excluding hydrogens is 988 g/mol. The highest BCUT2D eigenvalue weighted by atomic mass is 31.2. The van der Waals surface area contributed by atoms with E-state index in [0.29, 0.717) is 23.9 Å². The number of rotatable bonds is 57. The van der Waals surface area contributed by atoms with Crippen molar-refractivity contribution in [3.63, 3.8) is 0 Å². The summed E-state index contributed by atoms with van der Waals surface area (Å²) in [6, 6.07) is -0.863. The summed E-state index contributed by atoms with van der Waals surface area (Å²) in [5, 5.41) is 3.05. The molecule has 0 bridgehead atoms. The second-order valence-electron chi connectivity index (χ2n) is 22.5. The molecule has 0 rings (SSSR count). The Labute approximate surface area is 481 Å². The Hall–Kier alpha value is -3.07. The van der Waals surface area contributed by atoms with Crippen molar-refractivity contribution in [2.45, 2.75) is 283 Å². The first-order valence-electron chi connectivity index (χ1n) is 32.1. The zero-order valence-electron chi connectivity index (χ0n) is 51.4. The van der Waals surface area contributed by atoms with Crippen LogP contribution < -0.4 is 5.32 Å². The van der Waals surface area contributed by atoms with Crippen molar-refractivity contribution in [1.82, 2.24) is 5.32 Å². The van der Waals surface area contributed by atoms with E-state index in [2.05, 4.69) is 111 Å². The molecule has 2 N–H and O–H groups in total. The lowest BCUT2D eigenvalue weighted by atomic mass is 10.0. The molecule has 0 aliphatic rings. The number of carbonyl (C=O) groups excluding carboxylic acids is 2. The number of allylic oxidation sites excluding steroid dienone is 15. The second kappa shape index (κ2) is 57.2. The zero-order valence-corrected chi connectivity index (χ0v) is 52.3. The van der Waals surface area contributed by atoms with Crippen LogP contribution in [0.1, 0.15) is 271 Å². The predicted octanol–water partition coefficient (Wildman–Crippen LogP) is 19.9. The average Bonchev–Trinajstić information content (AvgIpc) is 3.41. The van der Waals surface area contributed by atoms with Gasteiger partial charge in [-0.05, 0) is 109 Å². The van der Waals surface area contributed by atoms with Crippen LogP contribution in [0.25, 0.3) is 0 Å². The molecule has 3 atom stereocenters. The monoisotopic (exact) mass is 1110 g/mol. The Morgan fingerprint density at radius 2 is 0.821 bits per heavy atom. The average molecular weight is 1110 g/mol. The van der Waals surface area contributed by atoms with E-state index in [4.69, 9.17) is 13.8 Å². The van der Waals surface area contributed by atoms with Gasteiger partial charge in [0, 0.05) is 12.8 Å². The van der Waals surface area contributed by atoms with E-state index in [0.717, 1.165) is 116 Å². The van der Waals surface area contributed by atoms with Gasteiger partial charge in [-0.2, -0.15) is 0 Å². The molecule has 9 nitrogen and oxygen atoms in total. The molecule has 0 fully saturated rings. The number of nitrogens with zero attached hydrogens (tertiary/aromatic N) is 1. The van der Waals surface area contributed by atoms with E-state index in [1.54, 1.807) is 0 Å². The highest BCUT2D eigenvalue weighted by Crippen LogP contribution is 2.43. The summed E-state index contributed by atoms with van der Waals surface area (Å²) in [7, 11) is 1.47. The van der Waals surface area contributed by atoms with Gasteiger partial charge in [-0.15, -0.1) is 0 Å². The molecule has 0 aromatic carbocycles. The minimum Gasteiger partial charge on any atom is -0.456 e. The Morgan fingerprint density at radius 1 is 0.462 bits per heavy atom. The van der Waals surface area contributed by atoms with Crippen LogP contribution in [-0.4, -0.2) is 74.3 Å². The maximum Gasteiger partial charge on any atom is 0.472 e. The number of phosphoric ester groups is 1. The zero-order chi connectivity index (χ0) is 57.2. The van der Waals surface area contributed by atoms with Crippen molar-refractivity contribution in [1.29, 1.82) is 0 Å². The predicted molar refractivity (Wildman–Crippen MR) is 337 cm³/mol. The van der Waals surface area contributed by atoms with Gasteiger partial charge in [0.15, 0.2) is 0 Å². The maximum atomic E-state index is 13.6. The molecule has 0 saturated carbocycles. The minimum atomic E-state index is -4.46. The first-order valence-corrected chi connectivity index (χ1v) is 33.6. The number of hydrogen-bond acceptors (Lipinski definition) is 6. The summed E-state index contributed by atoms with van der Waals surface area (Å²) in [5.41, 5.74) is 0. The van der Waals surface area contributed by atoms with Gasteiger partial charge in [-0.3, -0.25) is 18.6 Å². The Morgan fingerprint density at radius 3 is 1.26 bits per heavy atom. The molecular formula is C68H122N2O7P+. The highest BCUT2D eigenvalue weighted by Gasteiger charge is 2.30. The molecule has 450 valence electrons. The fourth-order valence-electron chi connectivity index (χ4n) is 8.82. The molecule has 0 heterocycles. The van der Waals surface area contributed by atoms with Crippen LogP contribution in [0, 0.1) is 0 Å². The van der Waals surface area contributed by atoms with Gasteiger partial charge in [0.2, 0.25) is 5.91 Å². The van der Waals surface area contributed by atoms with Crippen molar-refractivity contribution in [3.8, 4) is 0 Å². The standard InChI is InChI=1S/C68H121N2O7P/c1-7-10-13-16-19-22-25-27-29-30-31-32-33-34-35-36-37-38-39-40-41-42-45-48-51-54-57-60-67(71)69-65(64-76-78(73,74)75-63-62-70(4,5)6)66(59-56-53-50-47-44-24-21-18-15-12-9-3)77-68(72)61-58-55-52-49-46-43-28-26-23-20-17-14-11-8-2/h10,13,19,22,27,29,31-32,34-35,37-38,43,46,56,59,65-66H,7-9,11-12,14-18,20-21,23-26,28,30,33,36,39-42,44-45,47-55,57-58,60-64H2,1-6H3,(H-,69,71,73,74)/p+1/b13-10-,22-19-,29-27-,32-31-,35-34-,38-37-,46-43-,59-56-. The van der Waals surface area contributed by atoms with Crippen LogP contribution in [0.2, 0.25) is 0 Å². The van der Waals surface area contributed by atoms with Gasteiger partial charge in [-0.1, -0.05) is 247 Å². The fraction of sp³-hybridized carbons (Fsp3) is 0.735. The van der Waals surface area contributed by atoms with Crippen molar-refractivity contribution in [2.75, 3.05) is 40.9 Å². The van der Waals surface area contributed by atoms with Gasteiger partial charge in [0.05, 0.1) is 33.8 Å². The Kier molecular flexibility index (Phi) is 54.9. The summed E-state index contributed by atoms with van der Waals surface area (Å²) in [6.07, 6.45) is 77.0. The van der Waals surface area contributed by atoms with Crippen LogP contribution in [-0.2, 0) is 27.9 Å². The number of quaternary nitrogens is 1. The van der Waals surface area contributed by atoms with E-state index < -0.39 is 20.0 Å². The first kappa shape index (κ1) is 74.9. The summed E-state index contributed by atoms with van der Waals surface area (Å²) < 4.78 is 30.7. The third-order valence-corrected chi connectivity index (χ3v) is 14.7. The number of amides is 1. The van der Waals surface area contributed by atoms with E-state index in [9.17, 15) is 19.0 Å². The smallest absolute Gasteiger partial charge is 0.456 e. The number of hydrogen-bond donors (Lipinski definition) is 2. The van der Waals surface area contributed by atoms with E-state index in [1.165, 1.54) is 116 Å². The number of unbranched alkanes of at least 4 members (excludes halogenated alkanes) is 27. The molecule has 0 aliphatic heterocycles. The van der Waals surface area contributed by atoms with E-state index in [-0.39, 0.29) is 31.5 Å². The maximum absolute atomic E-state index is 13.6. The van der Waals surface area contributed by atoms with Crippen LogP contribution in [0.3, 0.4) is 0 Å². The van der Waals surface area contributed by atoms with Crippen molar-refractivity contribution in [3.05, 3.63) is 97.2 Å². The van der Waals surface area contributed by atoms with Crippen LogP contribution >= 0.6 is 7.82 Å². The van der Waals surface area contributed by atoms with E-state index >= 15 is 0 Å². The number of likely N-dealkylation sites (N-methyl/N-ethyl adjacent to an activating group) is 1. The third kappa shape index (κ3) is 57.6. The number of ether oxygens (including phenoxy) is 1. The molecule has 0 radical (unpaired) electrons. The van der Waals surface area contributed by atoms with Crippen molar-refractivity contribution < 1.29 is 37.3 Å². The van der Waals surface area contributed by atoms with Gasteiger partial charge >= 0.3 is 13.8 Å². The van der Waals surface area contributed by atoms with Gasteiger partial charge in [-0.25, -0.2) is 4.57 Å². The molecule has 1 amide bonds. The lowest BCUT2D eigenvalue weighted by molar-refractivity contribution is -0.870. The highest BCUT2D eigenvalue weighted by molar-refractivity contribution is 7.47. The number of nitrogens with one attached hydrogen (secondary N) is 1. The number of esters is 1. The molecule has 0 aromatic heterocycles. The topological polar surface area (TPSA) is 111 Å². The van der Waals surface area contributed by atoms with Gasteiger partial charge < -0.3 is 19.4 Å². The summed E-state index contributed by atoms with van der Waals surface area (Å²) >= 11 is 0. The minimum absolute atomic E-state index is 0.0324. The fourth-order valence-corrected chi connectivity index (χ4v) is 9.56. The Bertz CT molecular complexity index is 1660. The number of carbonyl (C=O) groups is 2. The lowest BCUT2D eigenvalue weighted by Crippen LogP contribution is -2.47. The third-order valence-electron chi connectivity index (χ3n) is 13.8. The first-order chi connectivity index (χ1) is 37.9. The van der Waals surface area contributed by atoms with Crippen LogP contribution in [0.15, 0.2) is 97.2 Å². The summed E-state index contributed by atoms with van der Waals surface area (Å²) in [6.45, 7) is 6.87. The lowest BCUT2D eigenvalue weighted by Gasteiger charge is -2.27. The molecule has 0 spiro atoms. The molecule has 10 heteroatoms. The van der Waals surface area contributed by atoms with Gasteiger partial charge in [0.1, 0.15) is 19.3 Å². The Balaban J connectivity index is 5.11. The quantitative estimate of drug-likeness (QED) is 0.0205. The van der Waals surface area contributed by atoms with Crippen molar-refractivity contribution >= 4 is 19.7 Å². The molecule has 0 aromatic rings. The van der Waals surface area contributed by atoms with Crippen molar-refractivity contribution in [2.24, 2.45) is 0 Å². The van der Waals surface area contributed by atoms with E-state index in [1.807, 2.05) is 33.3 Å². The van der Waals surface area contributed by atoms with Gasteiger partial charge in [0.25, 0.3) is 0 Å². The molecule has 0 aliphatic carbocycles. The summed E-state index contributed by atoms with van der Waals surface area (Å²) in [5.74, 6) is -0.535. The normalized spacial score (nSPS) is 14.3. The van der Waals surface area contributed by atoms with Crippen LogP contribution in [0.4, 0.5) is 0 Å². The second-order valence-corrected chi connectivity index (χ2v) is 24.0. The molecule has 3 unspecified atom stereocenters. The van der Waals surface area contributed by atoms with Crippen LogP contribution in [0.5, 0.6) is 0 Å². The SMILES string of the molecule is CC/C=C\C/C=C\C/C=C\C/C=C\C/C=C\C/C=C\CCCCCCCCCCC(=O)NC(COP(=O)(O)OCC[N+](C)(C)C)C(/C=C\CCCCCCCCCCC)OC(=O)CCCCC/C=C\CCCCCCCCC.